The molecule has 1 saturated heterocycles. The van der Waals surface area contributed by atoms with Crippen LogP contribution in [0.25, 0.3) is 0 Å². The predicted molar refractivity (Wildman–Crippen MR) is 85.8 cm³/mol. The molecule has 0 radical (unpaired) electrons. The van der Waals surface area contributed by atoms with Gasteiger partial charge >= 0.3 is 0 Å². The number of anilines is 1. The standard InChI is InChI=1S/C17H23N3O2/c1-14-12-15-4-2-3-5-16(15)20(14)17(22)6-7-18-8-10-19(13-21)11-9-18/h2-5,13-14H,6-12H2,1H3. The SMILES string of the molecule is CC1Cc2ccccc2N1C(=O)CCN1CCN(C=O)CC1. The fourth-order valence-electron chi connectivity index (χ4n) is 3.41. The van der Waals surface area contributed by atoms with E-state index in [1.54, 1.807) is 4.90 Å². The summed E-state index contributed by atoms with van der Waals surface area (Å²) in [5.41, 5.74) is 2.34. The summed E-state index contributed by atoms with van der Waals surface area (Å²) in [7, 11) is 0. The smallest absolute Gasteiger partial charge is 0.228 e. The number of amides is 2. The van der Waals surface area contributed by atoms with Gasteiger partial charge in [-0.2, -0.15) is 0 Å². The van der Waals surface area contributed by atoms with Gasteiger partial charge in [-0.25, -0.2) is 0 Å². The molecule has 2 amide bonds. The second-order valence-corrected chi connectivity index (χ2v) is 6.18. The van der Waals surface area contributed by atoms with Crippen LogP contribution >= 0.6 is 0 Å². The number of carbonyl (C=O) groups excluding carboxylic acids is 2. The molecule has 1 fully saturated rings. The van der Waals surface area contributed by atoms with Crippen LogP contribution in [0.1, 0.15) is 18.9 Å². The lowest BCUT2D eigenvalue weighted by Gasteiger charge is -2.33. The van der Waals surface area contributed by atoms with Gasteiger partial charge in [0.2, 0.25) is 12.3 Å². The molecule has 5 nitrogen and oxygen atoms in total. The van der Waals surface area contributed by atoms with E-state index in [0.29, 0.717) is 6.42 Å². The molecule has 2 aliphatic rings. The summed E-state index contributed by atoms with van der Waals surface area (Å²) < 4.78 is 0. The number of hydrogen-bond donors (Lipinski definition) is 0. The van der Waals surface area contributed by atoms with Crippen LogP contribution < -0.4 is 4.90 Å². The van der Waals surface area contributed by atoms with Crippen molar-refractivity contribution < 1.29 is 9.59 Å². The molecule has 2 heterocycles. The first-order valence-corrected chi connectivity index (χ1v) is 8.00. The van der Waals surface area contributed by atoms with E-state index in [4.69, 9.17) is 0 Å². The van der Waals surface area contributed by atoms with Gasteiger partial charge in [0.05, 0.1) is 0 Å². The average molecular weight is 301 g/mol. The number of carbonyl (C=O) groups is 2. The zero-order chi connectivity index (χ0) is 15.5. The van der Waals surface area contributed by atoms with Crippen LogP contribution in [0, 0.1) is 0 Å². The number of para-hydroxylation sites is 1. The lowest BCUT2D eigenvalue weighted by molar-refractivity contribution is -0.121. The number of hydrogen-bond acceptors (Lipinski definition) is 3. The van der Waals surface area contributed by atoms with E-state index in [-0.39, 0.29) is 11.9 Å². The Balaban J connectivity index is 1.55. The van der Waals surface area contributed by atoms with Crippen LogP contribution in [0.2, 0.25) is 0 Å². The maximum Gasteiger partial charge on any atom is 0.228 e. The zero-order valence-electron chi connectivity index (χ0n) is 13.1. The second-order valence-electron chi connectivity index (χ2n) is 6.18. The Kier molecular flexibility index (Phi) is 4.43. The summed E-state index contributed by atoms with van der Waals surface area (Å²) in [4.78, 5) is 29.3. The minimum absolute atomic E-state index is 0.204. The van der Waals surface area contributed by atoms with Crippen molar-refractivity contribution >= 4 is 18.0 Å². The van der Waals surface area contributed by atoms with Gasteiger partial charge < -0.3 is 9.80 Å². The van der Waals surface area contributed by atoms with Crippen LogP contribution in [0.5, 0.6) is 0 Å². The number of nitrogens with zero attached hydrogens (tertiary/aromatic N) is 3. The van der Waals surface area contributed by atoms with Crippen LogP contribution in [0.3, 0.4) is 0 Å². The Morgan fingerprint density at radius 3 is 2.68 bits per heavy atom. The molecule has 0 saturated carbocycles. The van der Waals surface area contributed by atoms with Gasteiger partial charge in [-0.1, -0.05) is 18.2 Å². The first-order chi connectivity index (χ1) is 10.7. The number of benzene rings is 1. The Morgan fingerprint density at radius 2 is 1.95 bits per heavy atom. The van der Waals surface area contributed by atoms with Crippen LogP contribution in [0.15, 0.2) is 24.3 Å². The van der Waals surface area contributed by atoms with Gasteiger partial charge in [0.25, 0.3) is 0 Å². The first kappa shape index (κ1) is 15.0. The molecule has 118 valence electrons. The van der Waals surface area contributed by atoms with Crippen molar-refractivity contribution in [3.05, 3.63) is 29.8 Å². The molecule has 1 unspecified atom stereocenters. The van der Waals surface area contributed by atoms with Crippen LogP contribution in [0.4, 0.5) is 5.69 Å². The Hall–Kier alpha value is -1.88. The van der Waals surface area contributed by atoms with Crippen molar-refractivity contribution in [3.8, 4) is 0 Å². The maximum atomic E-state index is 12.6. The molecule has 0 aromatic heterocycles. The lowest BCUT2D eigenvalue weighted by atomic mass is 10.1. The fourth-order valence-corrected chi connectivity index (χ4v) is 3.41. The molecular weight excluding hydrogens is 278 g/mol. The maximum absolute atomic E-state index is 12.6. The topological polar surface area (TPSA) is 43.9 Å². The normalized spacial score (nSPS) is 21.8. The first-order valence-electron chi connectivity index (χ1n) is 8.00. The monoisotopic (exact) mass is 301 g/mol. The molecule has 5 heteroatoms. The summed E-state index contributed by atoms with van der Waals surface area (Å²) in [6.45, 7) is 6.13. The highest BCUT2D eigenvalue weighted by Gasteiger charge is 2.30. The number of piperazine rings is 1. The van der Waals surface area contributed by atoms with Crippen molar-refractivity contribution in [2.24, 2.45) is 0 Å². The fraction of sp³-hybridized carbons (Fsp3) is 0.529. The van der Waals surface area contributed by atoms with E-state index >= 15 is 0 Å². The van der Waals surface area contributed by atoms with E-state index in [1.807, 2.05) is 23.1 Å². The van der Waals surface area contributed by atoms with Gasteiger partial charge in [-0.05, 0) is 25.0 Å². The van der Waals surface area contributed by atoms with Crippen molar-refractivity contribution in [2.45, 2.75) is 25.8 Å². The van der Waals surface area contributed by atoms with Crippen LogP contribution in [-0.4, -0.2) is 60.9 Å². The van der Waals surface area contributed by atoms with Crippen molar-refractivity contribution in [1.82, 2.24) is 9.80 Å². The quantitative estimate of drug-likeness (QED) is 0.783. The zero-order valence-corrected chi connectivity index (χ0v) is 13.1. The average Bonchev–Trinajstić information content (AvgIpc) is 2.89. The summed E-state index contributed by atoms with van der Waals surface area (Å²) in [6, 6.07) is 8.43. The molecular formula is C17H23N3O2. The molecule has 0 N–H and O–H groups in total. The summed E-state index contributed by atoms with van der Waals surface area (Å²) >= 11 is 0. The molecule has 3 rings (SSSR count). The molecule has 1 atom stereocenters. The number of fused-ring (bicyclic) bond motifs is 1. The van der Waals surface area contributed by atoms with E-state index in [1.165, 1.54) is 5.56 Å². The molecule has 0 aliphatic carbocycles. The summed E-state index contributed by atoms with van der Waals surface area (Å²) in [6.07, 6.45) is 2.39. The predicted octanol–water partition coefficient (Wildman–Crippen LogP) is 1.13. The van der Waals surface area contributed by atoms with Crippen molar-refractivity contribution in [1.29, 1.82) is 0 Å². The third-order valence-corrected chi connectivity index (χ3v) is 4.67. The van der Waals surface area contributed by atoms with E-state index in [9.17, 15) is 9.59 Å². The number of rotatable bonds is 4. The van der Waals surface area contributed by atoms with Gasteiger partial charge in [-0.3, -0.25) is 14.5 Å². The molecule has 2 aliphatic heterocycles. The Bertz CT molecular complexity index is 553. The highest BCUT2D eigenvalue weighted by molar-refractivity contribution is 5.96. The Labute approximate surface area is 131 Å². The molecule has 0 bridgehead atoms. The van der Waals surface area contributed by atoms with E-state index in [0.717, 1.165) is 51.2 Å². The lowest BCUT2D eigenvalue weighted by Crippen LogP contribution is -2.47. The van der Waals surface area contributed by atoms with Gasteiger partial charge in [-0.15, -0.1) is 0 Å². The molecule has 22 heavy (non-hydrogen) atoms. The molecule has 1 aromatic rings. The van der Waals surface area contributed by atoms with E-state index in [2.05, 4.69) is 17.9 Å². The van der Waals surface area contributed by atoms with Crippen LogP contribution in [-0.2, 0) is 16.0 Å². The van der Waals surface area contributed by atoms with Gasteiger partial charge in [0.15, 0.2) is 0 Å². The third-order valence-electron chi connectivity index (χ3n) is 4.67. The highest BCUT2D eigenvalue weighted by atomic mass is 16.2. The van der Waals surface area contributed by atoms with Gasteiger partial charge in [0.1, 0.15) is 0 Å². The largest absolute Gasteiger partial charge is 0.343 e. The van der Waals surface area contributed by atoms with E-state index < -0.39 is 0 Å². The summed E-state index contributed by atoms with van der Waals surface area (Å²) in [5, 5.41) is 0. The molecule has 1 aromatic carbocycles. The minimum Gasteiger partial charge on any atom is -0.343 e. The minimum atomic E-state index is 0.204. The third kappa shape index (κ3) is 2.99. The summed E-state index contributed by atoms with van der Waals surface area (Å²) in [5.74, 6) is 0.204. The highest BCUT2D eigenvalue weighted by Crippen LogP contribution is 2.32. The van der Waals surface area contributed by atoms with Crippen molar-refractivity contribution in [2.75, 3.05) is 37.6 Å². The Morgan fingerprint density at radius 1 is 1.23 bits per heavy atom. The molecule has 0 spiro atoms. The van der Waals surface area contributed by atoms with Gasteiger partial charge in [0, 0.05) is 50.9 Å². The second kappa shape index (κ2) is 6.48. The van der Waals surface area contributed by atoms with Crippen molar-refractivity contribution in [3.63, 3.8) is 0 Å².